The first-order valence-electron chi connectivity index (χ1n) is 5.13. The summed E-state index contributed by atoms with van der Waals surface area (Å²) in [5.74, 6) is -0.814. The highest BCUT2D eigenvalue weighted by Crippen LogP contribution is 2.26. The summed E-state index contributed by atoms with van der Waals surface area (Å²) in [5, 5.41) is 17.6. The van der Waals surface area contributed by atoms with E-state index in [1.54, 1.807) is 18.2 Å². The maximum absolute atomic E-state index is 10.7. The van der Waals surface area contributed by atoms with Gasteiger partial charge in [0.15, 0.2) is 0 Å². The van der Waals surface area contributed by atoms with Gasteiger partial charge in [-0.1, -0.05) is 19.9 Å². The molecule has 0 aliphatic rings. The van der Waals surface area contributed by atoms with E-state index in [9.17, 15) is 4.79 Å². The van der Waals surface area contributed by atoms with Crippen molar-refractivity contribution in [2.45, 2.75) is 26.2 Å². The molecule has 4 heteroatoms. The van der Waals surface area contributed by atoms with Gasteiger partial charge in [-0.25, -0.2) is 4.98 Å². The molecule has 0 radical (unpaired) electrons. The highest BCUT2D eigenvalue weighted by molar-refractivity contribution is 5.68. The first-order chi connectivity index (χ1) is 7.54. The van der Waals surface area contributed by atoms with E-state index >= 15 is 0 Å². The van der Waals surface area contributed by atoms with Gasteiger partial charge >= 0.3 is 5.97 Å². The second kappa shape index (κ2) is 5.26. The van der Waals surface area contributed by atoms with Crippen molar-refractivity contribution >= 4 is 5.97 Å². The van der Waals surface area contributed by atoms with Gasteiger partial charge in [0, 0.05) is 11.6 Å². The summed E-state index contributed by atoms with van der Waals surface area (Å²) < 4.78 is 0. The smallest absolute Gasteiger partial charge is 0.304 e. The van der Waals surface area contributed by atoms with E-state index in [2.05, 4.69) is 4.98 Å². The fourth-order valence-electron chi connectivity index (χ4n) is 1.59. The molecule has 1 atom stereocenters. The Bertz CT molecular complexity index is 421. The van der Waals surface area contributed by atoms with Crippen molar-refractivity contribution in [2.24, 2.45) is 5.92 Å². The summed E-state index contributed by atoms with van der Waals surface area (Å²) in [5.41, 5.74) is 1.00. The Morgan fingerprint density at radius 2 is 2.25 bits per heavy atom. The predicted molar refractivity (Wildman–Crippen MR) is 58.8 cm³/mol. The van der Waals surface area contributed by atoms with Gasteiger partial charge in [-0.15, -0.1) is 0 Å². The molecule has 1 aromatic rings. The van der Waals surface area contributed by atoms with E-state index in [1.807, 2.05) is 19.9 Å². The van der Waals surface area contributed by atoms with Crippen LogP contribution in [0.2, 0.25) is 0 Å². The number of carboxylic acids is 1. The SMILES string of the molecule is CC(C)C(CC(=O)O)c1cccc(C#N)n1. The average Bonchev–Trinajstić information content (AvgIpc) is 2.25. The molecule has 1 heterocycles. The quantitative estimate of drug-likeness (QED) is 0.840. The number of rotatable bonds is 4. The van der Waals surface area contributed by atoms with Crippen LogP contribution < -0.4 is 0 Å². The van der Waals surface area contributed by atoms with Crippen molar-refractivity contribution in [1.29, 1.82) is 5.26 Å². The lowest BCUT2D eigenvalue weighted by Crippen LogP contribution is -2.13. The highest BCUT2D eigenvalue weighted by Gasteiger charge is 2.20. The van der Waals surface area contributed by atoms with Crippen LogP contribution in [0, 0.1) is 17.2 Å². The van der Waals surface area contributed by atoms with E-state index in [-0.39, 0.29) is 18.3 Å². The summed E-state index contributed by atoms with van der Waals surface area (Å²) in [6.07, 6.45) is 0.0412. The Morgan fingerprint density at radius 3 is 2.75 bits per heavy atom. The molecular formula is C12H14N2O2. The van der Waals surface area contributed by atoms with Crippen LogP contribution >= 0.6 is 0 Å². The van der Waals surface area contributed by atoms with Crippen LogP contribution in [0.15, 0.2) is 18.2 Å². The second-order valence-electron chi connectivity index (χ2n) is 4.01. The Balaban J connectivity index is 3.01. The molecule has 0 saturated carbocycles. The number of pyridine rings is 1. The van der Waals surface area contributed by atoms with Crippen LogP contribution in [-0.2, 0) is 4.79 Å². The minimum absolute atomic E-state index is 0.0412. The van der Waals surface area contributed by atoms with Crippen molar-refractivity contribution in [2.75, 3.05) is 0 Å². The van der Waals surface area contributed by atoms with Crippen molar-refractivity contribution in [1.82, 2.24) is 4.98 Å². The topological polar surface area (TPSA) is 74.0 Å². The summed E-state index contributed by atoms with van der Waals surface area (Å²) in [6.45, 7) is 3.91. The number of nitriles is 1. The maximum atomic E-state index is 10.7. The second-order valence-corrected chi connectivity index (χ2v) is 4.01. The van der Waals surface area contributed by atoms with Gasteiger partial charge in [0.1, 0.15) is 11.8 Å². The molecule has 0 aliphatic heterocycles. The fraction of sp³-hybridized carbons (Fsp3) is 0.417. The molecule has 1 rings (SSSR count). The molecule has 1 N–H and O–H groups in total. The molecular weight excluding hydrogens is 204 g/mol. The monoisotopic (exact) mass is 218 g/mol. The van der Waals surface area contributed by atoms with Gasteiger partial charge in [0.05, 0.1) is 6.42 Å². The lowest BCUT2D eigenvalue weighted by molar-refractivity contribution is -0.137. The molecule has 0 saturated heterocycles. The van der Waals surface area contributed by atoms with Crippen molar-refractivity contribution in [3.8, 4) is 6.07 Å². The Morgan fingerprint density at radius 1 is 1.56 bits per heavy atom. The minimum Gasteiger partial charge on any atom is -0.481 e. The molecule has 0 amide bonds. The first-order valence-corrected chi connectivity index (χ1v) is 5.13. The number of aliphatic carboxylic acids is 1. The fourth-order valence-corrected chi connectivity index (χ4v) is 1.59. The molecule has 4 nitrogen and oxygen atoms in total. The van der Waals surface area contributed by atoms with E-state index in [1.165, 1.54) is 0 Å². The van der Waals surface area contributed by atoms with Gasteiger partial charge in [-0.2, -0.15) is 5.26 Å². The van der Waals surface area contributed by atoms with Gasteiger partial charge in [0.2, 0.25) is 0 Å². The van der Waals surface area contributed by atoms with Crippen LogP contribution in [0.5, 0.6) is 0 Å². The summed E-state index contributed by atoms with van der Waals surface area (Å²) in [7, 11) is 0. The molecule has 1 unspecified atom stereocenters. The largest absolute Gasteiger partial charge is 0.481 e. The summed E-state index contributed by atoms with van der Waals surface area (Å²) in [6, 6.07) is 7.08. The van der Waals surface area contributed by atoms with E-state index in [0.29, 0.717) is 11.4 Å². The van der Waals surface area contributed by atoms with Crippen LogP contribution in [0.1, 0.15) is 37.6 Å². The molecule has 0 spiro atoms. The highest BCUT2D eigenvalue weighted by atomic mass is 16.4. The Labute approximate surface area is 94.6 Å². The number of carbonyl (C=O) groups is 1. The zero-order chi connectivity index (χ0) is 12.1. The lowest BCUT2D eigenvalue weighted by atomic mass is 9.89. The molecule has 1 aromatic heterocycles. The van der Waals surface area contributed by atoms with Gasteiger partial charge in [-0.05, 0) is 18.1 Å². The van der Waals surface area contributed by atoms with Gasteiger partial charge in [-0.3, -0.25) is 4.79 Å². The van der Waals surface area contributed by atoms with E-state index < -0.39 is 5.97 Å². The van der Waals surface area contributed by atoms with E-state index in [4.69, 9.17) is 10.4 Å². The maximum Gasteiger partial charge on any atom is 0.304 e. The molecule has 84 valence electrons. The van der Waals surface area contributed by atoms with Crippen LogP contribution in [0.25, 0.3) is 0 Å². The van der Waals surface area contributed by atoms with Crippen molar-refractivity contribution in [3.05, 3.63) is 29.6 Å². The zero-order valence-electron chi connectivity index (χ0n) is 9.34. The zero-order valence-corrected chi connectivity index (χ0v) is 9.34. The molecule has 0 aliphatic carbocycles. The van der Waals surface area contributed by atoms with Crippen LogP contribution in [0.4, 0.5) is 0 Å². The molecule has 0 aromatic carbocycles. The standard InChI is InChI=1S/C12H14N2O2/c1-8(2)10(6-12(15)16)11-5-3-4-9(7-13)14-11/h3-5,8,10H,6H2,1-2H3,(H,15,16). The normalized spacial score (nSPS) is 12.1. The third-order valence-electron chi connectivity index (χ3n) is 2.46. The molecule has 0 bridgehead atoms. The summed E-state index contributed by atoms with van der Waals surface area (Å²) in [4.78, 5) is 14.9. The third kappa shape index (κ3) is 3.06. The van der Waals surface area contributed by atoms with Crippen LogP contribution in [0.3, 0.4) is 0 Å². The van der Waals surface area contributed by atoms with E-state index in [0.717, 1.165) is 0 Å². The molecule has 16 heavy (non-hydrogen) atoms. The first kappa shape index (κ1) is 12.2. The Hall–Kier alpha value is -1.89. The number of aromatic nitrogens is 1. The molecule has 0 fully saturated rings. The number of carboxylic acid groups (broad SMARTS) is 1. The average molecular weight is 218 g/mol. The van der Waals surface area contributed by atoms with Crippen molar-refractivity contribution in [3.63, 3.8) is 0 Å². The number of hydrogen-bond donors (Lipinski definition) is 1. The minimum atomic E-state index is -0.845. The lowest BCUT2D eigenvalue weighted by Gasteiger charge is -2.18. The predicted octanol–water partition coefficient (Wildman–Crippen LogP) is 2.17. The van der Waals surface area contributed by atoms with Crippen LogP contribution in [-0.4, -0.2) is 16.1 Å². The van der Waals surface area contributed by atoms with Gasteiger partial charge < -0.3 is 5.11 Å². The Kier molecular flexibility index (Phi) is 4.01. The van der Waals surface area contributed by atoms with Crippen molar-refractivity contribution < 1.29 is 9.90 Å². The third-order valence-corrected chi connectivity index (χ3v) is 2.46. The van der Waals surface area contributed by atoms with Gasteiger partial charge in [0.25, 0.3) is 0 Å². The summed E-state index contributed by atoms with van der Waals surface area (Å²) >= 11 is 0. The number of hydrogen-bond acceptors (Lipinski definition) is 3. The number of nitrogens with zero attached hydrogens (tertiary/aromatic N) is 2.